The van der Waals surface area contributed by atoms with Crippen LogP contribution in [0, 0.1) is 0 Å². The number of hydrogen-bond acceptors (Lipinski definition) is 5. The van der Waals surface area contributed by atoms with Gasteiger partial charge in [-0.05, 0) is 37.6 Å². The molecule has 0 unspecified atom stereocenters. The van der Waals surface area contributed by atoms with Crippen LogP contribution in [0.3, 0.4) is 0 Å². The number of pyridine rings is 1. The molecule has 30 heavy (non-hydrogen) atoms. The van der Waals surface area contributed by atoms with E-state index in [-0.39, 0.29) is 18.0 Å². The zero-order valence-electron chi connectivity index (χ0n) is 17.0. The Morgan fingerprint density at radius 3 is 2.67 bits per heavy atom. The van der Waals surface area contributed by atoms with E-state index in [0.717, 1.165) is 5.39 Å². The lowest BCUT2D eigenvalue weighted by molar-refractivity contribution is -0.116. The average molecular weight is 428 g/mol. The van der Waals surface area contributed by atoms with E-state index >= 15 is 0 Å². The topological polar surface area (TPSA) is 88.6 Å². The number of ether oxygens (including phenoxy) is 1. The lowest BCUT2D eigenvalue weighted by atomic mass is 10.2. The molecule has 0 fully saturated rings. The number of anilines is 1. The van der Waals surface area contributed by atoms with Gasteiger partial charge in [-0.2, -0.15) is 4.31 Å². The molecular weight excluding hydrogens is 402 g/mol. The molecule has 2 aromatic carbocycles. The Balaban J connectivity index is 1.87. The van der Waals surface area contributed by atoms with Crippen molar-refractivity contribution in [2.45, 2.75) is 25.2 Å². The van der Waals surface area contributed by atoms with Crippen LogP contribution in [-0.2, 0) is 14.8 Å². The normalized spacial score (nSPS) is 11.6. The summed E-state index contributed by atoms with van der Waals surface area (Å²) < 4.78 is 33.5. The fourth-order valence-corrected chi connectivity index (χ4v) is 4.89. The highest BCUT2D eigenvalue weighted by Crippen LogP contribution is 2.26. The molecule has 0 atom stereocenters. The smallest absolute Gasteiger partial charge is 0.244 e. The largest absolute Gasteiger partial charge is 0.492 e. The van der Waals surface area contributed by atoms with E-state index in [2.05, 4.69) is 10.3 Å². The second-order valence-electron chi connectivity index (χ2n) is 6.67. The predicted molar refractivity (Wildman–Crippen MR) is 117 cm³/mol. The fourth-order valence-electron chi connectivity index (χ4n) is 3.19. The summed E-state index contributed by atoms with van der Waals surface area (Å²) in [6, 6.07) is 13.8. The number of amides is 1. The average Bonchev–Trinajstić information content (AvgIpc) is 2.74. The summed E-state index contributed by atoms with van der Waals surface area (Å²) in [7, 11) is -3.88. The van der Waals surface area contributed by atoms with E-state index in [1.165, 1.54) is 4.31 Å². The van der Waals surface area contributed by atoms with E-state index in [1.54, 1.807) is 48.8 Å². The number of carbonyl (C=O) groups is 1. The van der Waals surface area contributed by atoms with Crippen molar-refractivity contribution in [3.05, 3.63) is 60.9 Å². The maximum absolute atomic E-state index is 13.4. The van der Waals surface area contributed by atoms with Crippen LogP contribution in [0.25, 0.3) is 10.8 Å². The van der Waals surface area contributed by atoms with Crippen molar-refractivity contribution < 1.29 is 17.9 Å². The highest BCUT2D eigenvalue weighted by Gasteiger charge is 2.27. The summed E-state index contributed by atoms with van der Waals surface area (Å²) in [5.41, 5.74) is 0.509. The standard InChI is InChI=1S/C22H25N3O4S/c1-3-14-25(16-22(26)24-19-9-5-6-10-20(19)29-4-2)30(27,28)21-11-7-8-17-15-23-13-12-18(17)21/h5-13,15H,3-4,14,16H2,1-2H3,(H,24,26). The monoisotopic (exact) mass is 427 g/mol. The van der Waals surface area contributed by atoms with Gasteiger partial charge in [-0.25, -0.2) is 8.42 Å². The molecule has 0 saturated carbocycles. The molecule has 3 rings (SSSR count). The van der Waals surface area contributed by atoms with Crippen LogP contribution < -0.4 is 10.1 Å². The molecule has 1 aromatic heterocycles. The third kappa shape index (κ3) is 4.77. The van der Waals surface area contributed by atoms with Crippen molar-refractivity contribution in [2.24, 2.45) is 0 Å². The van der Waals surface area contributed by atoms with Crippen molar-refractivity contribution in [1.82, 2.24) is 9.29 Å². The number of aromatic nitrogens is 1. The molecule has 0 bridgehead atoms. The Bertz CT molecular complexity index is 1130. The minimum absolute atomic E-state index is 0.165. The quantitative estimate of drug-likeness (QED) is 0.563. The van der Waals surface area contributed by atoms with Crippen LogP contribution in [0.2, 0.25) is 0 Å². The molecule has 1 N–H and O–H groups in total. The molecule has 0 aliphatic carbocycles. The van der Waals surface area contributed by atoms with Gasteiger partial charge in [0.15, 0.2) is 0 Å². The van der Waals surface area contributed by atoms with Gasteiger partial charge < -0.3 is 10.1 Å². The first kappa shape index (κ1) is 21.7. The molecular formula is C22H25N3O4S. The molecule has 158 valence electrons. The number of sulfonamides is 1. The Morgan fingerprint density at radius 1 is 1.10 bits per heavy atom. The summed E-state index contributed by atoms with van der Waals surface area (Å²) in [5, 5.41) is 4.07. The van der Waals surface area contributed by atoms with Crippen LogP contribution in [0.15, 0.2) is 65.8 Å². The van der Waals surface area contributed by atoms with Crippen molar-refractivity contribution in [2.75, 3.05) is 25.0 Å². The molecule has 0 radical (unpaired) electrons. The molecule has 3 aromatic rings. The molecule has 1 heterocycles. The first-order valence-electron chi connectivity index (χ1n) is 9.82. The Kier molecular flexibility index (Phi) is 7.02. The Morgan fingerprint density at radius 2 is 1.90 bits per heavy atom. The zero-order chi connectivity index (χ0) is 21.6. The third-order valence-corrected chi connectivity index (χ3v) is 6.42. The number of nitrogens with one attached hydrogen (secondary N) is 1. The van der Waals surface area contributed by atoms with Gasteiger partial charge in [-0.1, -0.05) is 31.2 Å². The Labute approximate surface area is 176 Å². The van der Waals surface area contributed by atoms with Crippen LogP contribution in [0.4, 0.5) is 5.69 Å². The fraction of sp³-hybridized carbons (Fsp3) is 0.273. The second kappa shape index (κ2) is 9.69. The van der Waals surface area contributed by atoms with Crippen LogP contribution in [-0.4, -0.2) is 43.3 Å². The van der Waals surface area contributed by atoms with Crippen LogP contribution >= 0.6 is 0 Å². The van der Waals surface area contributed by atoms with Gasteiger partial charge in [0, 0.05) is 29.7 Å². The third-order valence-electron chi connectivity index (χ3n) is 4.51. The van der Waals surface area contributed by atoms with Gasteiger partial charge in [0.25, 0.3) is 0 Å². The number of hydrogen-bond donors (Lipinski definition) is 1. The summed E-state index contributed by atoms with van der Waals surface area (Å²) in [5.74, 6) is 0.112. The number of rotatable bonds is 9. The molecule has 8 heteroatoms. The lowest BCUT2D eigenvalue weighted by Gasteiger charge is -2.22. The van der Waals surface area contributed by atoms with Crippen LogP contribution in [0.1, 0.15) is 20.3 Å². The molecule has 7 nitrogen and oxygen atoms in total. The van der Waals surface area contributed by atoms with Gasteiger partial charge >= 0.3 is 0 Å². The van der Waals surface area contributed by atoms with E-state index < -0.39 is 15.9 Å². The number of para-hydroxylation sites is 2. The summed E-state index contributed by atoms with van der Waals surface area (Å²) >= 11 is 0. The van der Waals surface area contributed by atoms with E-state index in [9.17, 15) is 13.2 Å². The Hall–Kier alpha value is -2.97. The number of benzene rings is 2. The van der Waals surface area contributed by atoms with Gasteiger partial charge in [0.05, 0.1) is 23.7 Å². The maximum Gasteiger partial charge on any atom is 0.244 e. The molecule has 0 aliphatic heterocycles. The number of fused-ring (bicyclic) bond motifs is 1. The van der Waals surface area contributed by atoms with Crippen molar-refractivity contribution in [3.63, 3.8) is 0 Å². The molecule has 0 aliphatic rings. The number of nitrogens with zero attached hydrogens (tertiary/aromatic N) is 2. The predicted octanol–water partition coefficient (Wildman–Crippen LogP) is 3.67. The first-order valence-corrected chi connectivity index (χ1v) is 11.3. The van der Waals surface area contributed by atoms with Crippen molar-refractivity contribution >= 4 is 32.4 Å². The van der Waals surface area contributed by atoms with E-state index in [4.69, 9.17) is 4.74 Å². The van der Waals surface area contributed by atoms with Crippen molar-refractivity contribution in [3.8, 4) is 5.75 Å². The maximum atomic E-state index is 13.4. The zero-order valence-corrected chi connectivity index (χ0v) is 17.9. The second-order valence-corrected chi connectivity index (χ2v) is 8.58. The van der Waals surface area contributed by atoms with Gasteiger partial charge in [-0.3, -0.25) is 9.78 Å². The molecule has 0 saturated heterocycles. The summed E-state index contributed by atoms with van der Waals surface area (Å²) in [4.78, 5) is 16.9. The SMILES string of the molecule is CCCN(CC(=O)Nc1ccccc1OCC)S(=O)(=O)c1cccc2cnccc12. The summed E-state index contributed by atoms with van der Waals surface area (Å²) in [6.45, 7) is 4.12. The van der Waals surface area contributed by atoms with Gasteiger partial charge in [0.1, 0.15) is 5.75 Å². The van der Waals surface area contributed by atoms with Gasteiger partial charge in [-0.15, -0.1) is 0 Å². The minimum atomic E-state index is -3.88. The van der Waals surface area contributed by atoms with Gasteiger partial charge in [0.2, 0.25) is 15.9 Å². The lowest BCUT2D eigenvalue weighted by Crippen LogP contribution is -2.38. The minimum Gasteiger partial charge on any atom is -0.492 e. The van der Waals surface area contributed by atoms with Crippen LogP contribution in [0.5, 0.6) is 5.75 Å². The van der Waals surface area contributed by atoms with E-state index in [1.807, 2.05) is 26.0 Å². The first-order chi connectivity index (χ1) is 14.5. The highest BCUT2D eigenvalue weighted by atomic mass is 32.2. The summed E-state index contributed by atoms with van der Waals surface area (Å²) in [6.07, 6.45) is 3.76. The number of carbonyl (C=O) groups excluding carboxylic acids is 1. The van der Waals surface area contributed by atoms with E-state index in [0.29, 0.717) is 29.9 Å². The molecule has 0 spiro atoms. The highest BCUT2D eigenvalue weighted by molar-refractivity contribution is 7.89. The molecule has 1 amide bonds. The van der Waals surface area contributed by atoms with Crippen molar-refractivity contribution in [1.29, 1.82) is 0 Å².